The zero-order chi connectivity index (χ0) is 21.5. The number of rotatable bonds is 6. The SMILES string of the molecule is CCNC(=NCC(CC)N1CCc2ccccc2C1)N1CCN(c2ncccn2)CC1. The van der Waals surface area contributed by atoms with Crippen molar-refractivity contribution in [3.63, 3.8) is 0 Å². The van der Waals surface area contributed by atoms with Gasteiger partial charge in [-0.2, -0.15) is 0 Å². The van der Waals surface area contributed by atoms with E-state index in [9.17, 15) is 0 Å². The Bertz CT molecular complexity index is 846. The number of benzene rings is 1. The van der Waals surface area contributed by atoms with Gasteiger partial charge in [0.15, 0.2) is 5.96 Å². The van der Waals surface area contributed by atoms with E-state index in [0.29, 0.717) is 6.04 Å². The van der Waals surface area contributed by atoms with Gasteiger partial charge in [-0.15, -0.1) is 0 Å². The minimum atomic E-state index is 0.473. The molecule has 4 rings (SSSR count). The summed E-state index contributed by atoms with van der Waals surface area (Å²) < 4.78 is 0. The molecule has 1 fully saturated rings. The zero-order valence-electron chi connectivity index (χ0n) is 18.9. The van der Waals surface area contributed by atoms with Crippen molar-refractivity contribution < 1.29 is 0 Å². The number of hydrogen-bond acceptors (Lipinski definition) is 5. The first kappa shape index (κ1) is 21.6. The highest BCUT2D eigenvalue weighted by atomic mass is 15.4. The average molecular weight is 422 g/mol. The van der Waals surface area contributed by atoms with Crippen molar-refractivity contribution in [3.8, 4) is 0 Å². The molecule has 1 atom stereocenters. The molecule has 1 saturated heterocycles. The molecule has 0 spiro atoms. The maximum atomic E-state index is 5.08. The fraction of sp³-hybridized carbons (Fsp3) is 0.542. The van der Waals surface area contributed by atoms with E-state index in [1.165, 1.54) is 11.1 Å². The Balaban J connectivity index is 1.37. The normalized spacial score (nSPS) is 18.6. The summed E-state index contributed by atoms with van der Waals surface area (Å²) in [5.74, 6) is 1.85. The standard InChI is InChI=1S/C24H35N7/c1-3-22(31-13-10-20-8-5-6-9-21(20)19-31)18-28-23(25-4-2)29-14-16-30(17-15-29)24-26-11-7-12-27-24/h5-9,11-12,22H,3-4,10,13-19H2,1-2H3,(H,25,28). The van der Waals surface area contributed by atoms with Gasteiger partial charge < -0.3 is 15.1 Å². The largest absolute Gasteiger partial charge is 0.357 e. The fourth-order valence-corrected chi connectivity index (χ4v) is 4.52. The molecule has 1 unspecified atom stereocenters. The van der Waals surface area contributed by atoms with Gasteiger partial charge in [-0.05, 0) is 37.0 Å². The number of aromatic nitrogens is 2. The number of anilines is 1. The van der Waals surface area contributed by atoms with Gasteiger partial charge in [-0.1, -0.05) is 31.2 Å². The molecule has 2 aliphatic rings. The highest BCUT2D eigenvalue weighted by molar-refractivity contribution is 5.80. The molecule has 0 amide bonds. The van der Waals surface area contributed by atoms with Crippen LogP contribution >= 0.6 is 0 Å². The number of nitrogens with zero attached hydrogens (tertiary/aromatic N) is 6. The van der Waals surface area contributed by atoms with Crippen LogP contribution in [0.4, 0.5) is 5.95 Å². The van der Waals surface area contributed by atoms with Crippen LogP contribution in [-0.4, -0.2) is 77.6 Å². The summed E-state index contributed by atoms with van der Waals surface area (Å²) in [6, 6.07) is 11.2. The Morgan fingerprint density at radius 2 is 1.74 bits per heavy atom. The average Bonchev–Trinajstić information content (AvgIpc) is 2.84. The van der Waals surface area contributed by atoms with Crippen molar-refractivity contribution in [3.05, 3.63) is 53.9 Å². The summed E-state index contributed by atoms with van der Waals surface area (Å²) in [6.07, 6.45) is 5.87. The highest BCUT2D eigenvalue weighted by Crippen LogP contribution is 2.21. The predicted molar refractivity (Wildman–Crippen MR) is 126 cm³/mol. The first-order valence-electron chi connectivity index (χ1n) is 11.6. The van der Waals surface area contributed by atoms with Crippen LogP contribution in [0.25, 0.3) is 0 Å². The minimum absolute atomic E-state index is 0.473. The number of nitrogens with one attached hydrogen (secondary N) is 1. The molecule has 7 nitrogen and oxygen atoms in total. The lowest BCUT2D eigenvalue weighted by Gasteiger charge is -2.37. The van der Waals surface area contributed by atoms with Crippen molar-refractivity contribution in [1.29, 1.82) is 0 Å². The molecule has 31 heavy (non-hydrogen) atoms. The number of guanidine groups is 1. The minimum Gasteiger partial charge on any atom is -0.357 e. The summed E-state index contributed by atoms with van der Waals surface area (Å²) >= 11 is 0. The van der Waals surface area contributed by atoms with Crippen LogP contribution in [0.2, 0.25) is 0 Å². The second-order valence-electron chi connectivity index (χ2n) is 8.27. The molecule has 3 heterocycles. The van der Waals surface area contributed by atoms with E-state index in [-0.39, 0.29) is 0 Å². The zero-order valence-corrected chi connectivity index (χ0v) is 18.9. The molecule has 1 aromatic carbocycles. The van der Waals surface area contributed by atoms with E-state index in [0.717, 1.165) is 77.1 Å². The second-order valence-corrected chi connectivity index (χ2v) is 8.27. The third-order valence-corrected chi connectivity index (χ3v) is 6.35. The number of fused-ring (bicyclic) bond motifs is 1. The van der Waals surface area contributed by atoms with Crippen molar-refractivity contribution in [2.24, 2.45) is 4.99 Å². The Kier molecular flexibility index (Phi) is 7.35. The van der Waals surface area contributed by atoms with Crippen LogP contribution in [-0.2, 0) is 13.0 Å². The number of hydrogen-bond donors (Lipinski definition) is 1. The monoisotopic (exact) mass is 421 g/mol. The van der Waals surface area contributed by atoms with E-state index < -0.39 is 0 Å². The van der Waals surface area contributed by atoms with Crippen molar-refractivity contribution >= 4 is 11.9 Å². The van der Waals surface area contributed by atoms with Gasteiger partial charge in [0.05, 0.1) is 6.54 Å². The van der Waals surface area contributed by atoms with Gasteiger partial charge >= 0.3 is 0 Å². The lowest BCUT2D eigenvalue weighted by atomic mass is 9.98. The number of piperazine rings is 1. The van der Waals surface area contributed by atoms with Crippen LogP contribution in [0.15, 0.2) is 47.7 Å². The Morgan fingerprint density at radius 1 is 1.00 bits per heavy atom. The smallest absolute Gasteiger partial charge is 0.225 e. The highest BCUT2D eigenvalue weighted by Gasteiger charge is 2.24. The predicted octanol–water partition coefficient (Wildman–Crippen LogP) is 2.40. The maximum Gasteiger partial charge on any atom is 0.225 e. The second kappa shape index (κ2) is 10.6. The first-order valence-corrected chi connectivity index (χ1v) is 11.6. The van der Waals surface area contributed by atoms with Crippen LogP contribution in [0, 0.1) is 0 Å². The molecule has 1 N–H and O–H groups in total. The van der Waals surface area contributed by atoms with Gasteiger partial charge in [-0.3, -0.25) is 9.89 Å². The molecule has 7 heteroatoms. The molecular weight excluding hydrogens is 386 g/mol. The van der Waals surface area contributed by atoms with E-state index in [2.05, 4.69) is 68.1 Å². The van der Waals surface area contributed by atoms with Gasteiger partial charge in [0.2, 0.25) is 5.95 Å². The quantitative estimate of drug-likeness (QED) is 0.571. The Labute approximate surface area is 186 Å². The molecule has 2 aliphatic heterocycles. The summed E-state index contributed by atoms with van der Waals surface area (Å²) in [4.78, 5) is 21.1. The molecule has 0 bridgehead atoms. The van der Waals surface area contributed by atoms with Crippen LogP contribution < -0.4 is 10.2 Å². The molecular formula is C24H35N7. The Hall–Kier alpha value is -2.67. The summed E-state index contributed by atoms with van der Waals surface area (Å²) in [7, 11) is 0. The van der Waals surface area contributed by atoms with Gasteiger partial charge in [0.1, 0.15) is 0 Å². The molecule has 0 saturated carbocycles. The van der Waals surface area contributed by atoms with E-state index >= 15 is 0 Å². The lowest BCUT2D eigenvalue weighted by Crippen LogP contribution is -2.53. The molecule has 0 aliphatic carbocycles. The van der Waals surface area contributed by atoms with Crippen LogP contribution in [0.3, 0.4) is 0 Å². The summed E-state index contributed by atoms with van der Waals surface area (Å²) in [5.41, 5.74) is 2.98. The lowest BCUT2D eigenvalue weighted by molar-refractivity contribution is 0.178. The fourth-order valence-electron chi connectivity index (χ4n) is 4.52. The first-order chi connectivity index (χ1) is 15.3. The van der Waals surface area contributed by atoms with Crippen LogP contribution in [0.5, 0.6) is 0 Å². The number of aliphatic imine (C=N–C) groups is 1. The van der Waals surface area contributed by atoms with Crippen LogP contribution in [0.1, 0.15) is 31.4 Å². The van der Waals surface area contributed by atoms with E-state index in [4.69, 9.17) is 4.99 Å². The van der Waals surface area contributed by atoms with Gasteiger partial charge in [0.25, 0.3) is 0 Å². The maximum absolute atomic E-state index is 5.08. The van der Waals surface area contributed by atoms with Gasteiger partial charge in [-0.25, -0.2) is 9.97 Å². The third kappa shape index (κ3) is 5.34. The molecule has 2 aromatic rings. The van der Waals surface area contributed by atoms with Crippen molar-refractivity contribution in [2.75, 3.05) is 50.7 Å². The summed E-state index contributed by atoms with van der Waals surface area (Å²) in [5, 5.41) is 3.51. The third-order valence-electron chi connectivity index (χ3n) is 6.35. The molecule has 166 valence electrons. The topological polar surface area (TPSA) is 59.9 Å². The molecule has 0 radical (unpaired) electrons. The van der Waals surface area contributed by atoms with E-state index in [1.54, 1.807) is 0 Å². The Morgan fingerprint density at radius 3 is 2.45 bits per heavy atom. The van der Waals surface area contributed by atoms with E-state index in [1.807, 2.05) is 18.5 Å². The van der Waals surface area contributed by atoms with Crippen molar-refractivity contribution in [1.82, 2.24) is 25.1 Å². The molecule has 1 aromatic heterocycles. The van der Waals surface area contributed by atoms with Crippen molar-refractivity contribution in [2.45, 2.75) is 39.3 Å². The summed E-state index contributed by atoms with van der Waals surface area (Å²) in [6.45, 7) is 12.0. The van der Waals surface area contributed by atoms with Gasteiger partial charge in [0, 0.05) is 64.2 Å².